The van der Waals surface area contributed by atoms with Gasteiger partial charge in [0.25, 0.3) is 0 Å². The van der Waals surface area contributed by atoms with Gasteiger partial charge >= 0.3 is 6.09 Å². The van der Waals surface area contributed by atoms with Gasteiger partial charge in [-0.1, -0.05) is 11.8 Å². The molecule has 12 heavy (non-hydrogen) atoms. The molecule has 0 bridgehead atoms. The average Bonchev–Trinajstić information content (AvgIpc) is 1.80. The predicted molar refractivity (Wildman–Crippen MR) is 44.7 cm³/mol. The van der Waals surface area contributed by atoms with E-state index >= 15 is 0 Å². The highest BCUT2D eigenvalue weighted by molar-refractivity contribution is 5.65. The highest BCUT2D eigenvalue weighted by Gasteiger charge is 2.07. The maximum atomic E-state index is 10.1. The number of carboxylic acid groups (broad SMARTS) is 1. The fourth-order valence-corrected chi connectivity index (χ4v) is 0.506. The molecule has 0 aliphatic carbocycles. The van der Waals surface area contributed by atoms with E-state index in [2.05, 4.69) is 17.2 Å². The van der Waals surface area contributed by atoms with Crippen LogP contribution in [0.1, 0.15) is 20.8 Å². The van der Waals surface area contributed by atoms with Crippen LogP contribution in [0.2, 0.25) is 0 Å². The molecule has 0 unspecified atom stereocenters. The van der Waals surface area contributed by atoms with Crippen molar-refractivity contribution in [1.29, 1.82) is 0 Å². The van der Waals surface area contributed by atoms with Crippen LogP contribution in [0.4, 0.5) is 4.79 Å². The van der Waals surface area contributed by atoms with Crippen LogP contribution in [0.3, 0.4) is 0 Å². The highest BCUT2D eigenvalue weighted by atomic mass is 16.4. The second kappa shape index (κ2) is 3.98. The van der Waals surface area contributed by atoms with Gasteiger partial charge in [-0.15, -0.1) is 0 Å². The van der Waals surface area contributed by atoms with Crippen molar-refractivity contribution in [2.75, 3.05) is 0 Å². The van der Waals surface area contributed by atoms with Crippen molar-refractivity contribution < 1.29 is 15.0 Å². The Morgan fingerprint density at radius 2 is 2.08 bits per heavy atom. The Bertz CT molecular complexity index is 219. The van der Waals surface area contributed by atoms with Gasteiger partial charge in [0.2, 0.25) is 0 Å². The zero-order valence-electron chi connectivity index (χ0n) is 7.38. The van der Waals surface area contributed by atoms with Crippen LogP contribution in [0.25, 0.3) is 0 Å². The number of carbonyl (C=O) groups is 1. The SMILES string of the molecule is C[C@H](C#CC(C)(C)O)NC(=O)O. The van der Waals surface area contributed by atoms with E-state index in [1.807, 2.05) is 0 Å². The lowest BCUT2D eigenvalue weighted by Gasteiger charge is -2.08. The van der Waals surface area contributed by atoms with Crippen LogP contribution >= 0.6 is 0 Å². The Morgan fingerprint density at radius 1 is 1.58 bits per heavy atom. The second-order valence-corrected chi connectivity index (χ2v) is 3.00. The summed E-state index contributed by atoms with van der Waals surface area (Å²) < 4.78 is 0. The lowest BCUT2D eigenvalue weighted by molar-refractivity contribution is 0.143. The van der Waals surface area contributed by atoms with Crippen LogP contribution in [0.5, 0.6) is 0 Å². The summed E-state index contributed by atoms with van der Waals surface area (Å²) in [6.45, 7) is 4.67. The molecule has 68 valence electrons. The van der Waals surface area contributed by atoms with Crippen LogP contribution < -0.4 is 5.32 Å². The normalized spacial score (nSPS) is 12.7. The monoisotopic (exact) mass is 171 g/mol. The lowest BCUT2D eigenvalue weighted by atomic mass is 10.1. The van der Waals surface area contributed by atoms with Crippen molar-refractivity contribution in [2.24, 2.45) is 0 Å². The molecule has 0 saturated carbocycles. The van der Waals surface area contributed by atoms with Gasteiger partial charge in [0.15, 0.2) is 0 Å². The fourth-order valence-electron chi connectivity index (χ4n) is 0.506. The van der Waals surface area contributed by atoms with E-state index in [-0.39, 0.29) is 0 Å². The quantitative estimate of drug-likeness (QED) is 0.501. The third kappa shape index (κ3) is 6.90. The standard InChI is InChI=1S/C8H13NO3/c1-6(9-7(10)11)4-5-8(2,3)12/h6,9,12H,1-3H3,(H,10,11)/t6-/m1/s1. The van der Waals surface area contributed by atoms with Gasteiger partial charge in [-0.05, 0) is 20.8 Å². The summed E-state index contributed by atoms with van der Waals surface area (Å²) in [5.41, 5.74) is -1.07. The zero-order valence-corrected chi connectivity index (χ0v) is 7.38. The van der Waals surface area contributed by atoms with Gasteiger partial charge < -0.3 is 15.5 Å². The molecule has 3 N–H and O–H groups in total. The fraction of sp³-hybridized carbons (Fsp3) is 0.625. The van der Waals surface area contributed by atoms with Gasteiger partial charge in [0, 0.05) is 0 Å². The molecule has 0 rings (SSSR count). The molecule has 0 aromatic carbocycles. The molecular weight excluding hydrogens is 158 g/mol. The van der Waals surface area contributed by atoms with Crippen molar-refractivity contribution in [2.45, 2.75) is 32.4 Å². The van der Waals surface area contributed by atoms with Crippen molar-refractivity contribution in [3.8, 4) is 11.8 Å². The van der Waals surface area contributed by atoms with Gasteiger partial charge in [-0.2, -0.15) is 0 Å². The Morgan fingerprint density at radius 3 is 2.42 bits per heavy atom. The summed E-state index contributed by atoms with van der Waals surface area (Å²) in [6.07, 6.45) is -1.12. The first-order chi connectivity index (χ1) is 5.31. The maximum absolute atomic E-state index is 10.1. The molecule has 1 atom stereocenters. The molecule has 0 fully saturated rings. The van der Waals surface area contributed by atoms with E-state index in [4.69, 9.17) is 10.2 Å². The van der Waals surface area contributed by atoms with Crippen molar-refractivity contribution in [3.05, 3.63) is 0 Å². The molecule has 0 spiro atoms. The summed E-state index contributed by atoms with van der Waals surface area (Å²) in [4.78, 5) is 10.1. The van der Waals surface area contributed by atoms with Crippen LogP contribution in [-0.2, 0) is 0 Å². The minimum atomic E-state index is -1.12. The van der Waals surface area contributed by atoms with Crippen molar-refractivity contribution in [1.82, 2.24) is 5.32 Å². The zero-order chi connectivity index (χ0) is 9.78. The molecule has 4 heteroatoms. The number of amides is 1. The highest BCUT2D eigenvalue weighted by Crippen LogP contribution is 1.96. The van der Waals surface area contributed by atoms with Gasteiger partial charge in [0.05, 0.1) is 6.04 Å². The van der Waals surface area contributed by atoms with E-state index in [1.54, 1.807) is 6.92 Å². The first kappa shape index (κ1) is 10.8. The summed E-state index contributed by atoms with van der Waals surface area (Å²) in [6, 6.07) is -0.464. The van der Waals surface area contributed by atoms with Gasteiger partial charge in [0.1, 0.15) is 5.60 Å². The predicted octanol–water partition coefficient (Wildman–Crippen LogP) is 0.417. The number of hydrogen-bond donors (Lipinski definition) is 3. The Labute approximate surface area is 71.6 Å². The minimum Gasteiger partial charge on any atom is -0.465 e. The molecule has 0 aromatic heterocycles. The summed E-state index contributed by atoms with van der Waals surface area (Å²) in [7, 11) is 0. The molecule has 0 aliphatic rings. The van der Waals surface area contributed by atoms with E-state index in [1.165, 1.54) is 13.8 Å². The first-order valence-corrected chi connectivity index (χ1v) is 3.56. The molecule has 0 radical (unpaired) electrons. The number of hydrogen-bond acceptors (Lipinski definition) is 2. The third-order valence-corrected chi connectivity index (χ3v) is 0.935. The topological polar surface area (TPSA) is 69.6 Å². The Hall–Kier alpha value is -1.21. The smallest absolute Gasteiger partial charge is 0.405 e. The maximum Gasteiger partial charge on any atom is 0.405 e. The van der Waals surface area contributed by atoms with Crippen LogP contribution in [0, 0.1) is 11.8 Å². The summed E-state index contributed by atoms with van der Waals surface area (Å²) in [5, 5.41) is 19.6. The average molecular weight is 171 g/mol. The van der Waals surface area contributed by atoms with Gasteiger partial charge in [-0.25, -0.2) is 4.79 Å². The first-order valence-electron chi connectivity index (χ1n) is 3.56. The largest absolute Gasteiger partial charge is 0.465 e. The second-order valence-electron chi connectivity index (χ2n) is 3.00. The van der Waals surface area contributed by atoms with E-state index in [0.29, 0.717) is 0 Å². The van der Waals surface area contributed by atoms with Crippen LogP contribution in [-0.4, -0.2) is 27.9 Å². The van der Waals surface area contributed by atoms with E-state index in [9.17, 15) is 4.79 Å². The third-order valence-electron chi connectivity index (χ3n) is 0.935. The summed E-state index contributed by atoms with van der Waals surface area (Å²) in [5.74, 6) is 5.07. The van der Waals surface area contributed by atoms with Crippen LogP contribution in [0.15, 0.2) is 0 Å². The van der Waals surface area contributed by atoms with E-state index in [0.717, 1.165) is 0 Å². The van der Waals surface area contributed by atoms with Crippen molar-refractivity contribution >= 4 is 6.09 Å². The molecule has 0 aliphatic heterocycles. The number of rotatable bonds is 1. The van der Waals surface area contributed by atoms with Crippen molar-refractivity contribution in [3.63, 3.8) is 0 Å². The number of aliphatic hydroxyl groups is 1. The molecule has 0 aromatic rings. The van der Waals surface area contributed by atoms with E-state index < -0.39 is 17.7 Å². The minimum absolute atomic E-state index is 0.464. The molecular formula is C8H13NO3. The molecule has 1 amide bonds. The van der Waals surface area contributed by atoms with Gasteiger partial charge in [-0.3, -0.25) is 0 Å². The molecule has 4 nitrogen and oxygen atoms in total. The molecule has 0 saturated heterocycles. The lowest BCUT2D eigenvalue weighted by Crippen LogP contribution is -2.30. The molecule has 0 heterocycles. The Balaban J connectivity index is 4.04. The number of nitrogens with one attached hydrogen (secondary N) is 1. The summed E-state index contributed by atoms with van der Waals surface area (Å²) >= 11 is 0. The Kier molecular flexibility index (Phi) is 3.58.